The highest BCUT2D eigenvalue weighted by Gasteiger charge is 2.24. The van der Waals surface area contributed by atoms with Gasteiger partial charge in [-0.05, 0) is 38.9 Å². The third kappa shape index (κ3) is 4.36. The molecule has 0 fully saturated rings. The fourth-order valence-corrected chi connectivity index (χ4v) is 2.03. The molecule has 1 amide bonds. The summed E-state index contributed by atoms with van der Waals surface area (Å²) in [7, 11) is 3.55. The van der Waals surface area contributed by atoms with E-state index in [4.69, 9.17) is 10.5 Å². The number of methoxy groups -OCH3 is 1. The average Bonchev–Trinajstić information content (AvgIpc) is 2.46. The quantitative estimate of drug-likeness (QED) is 0.791. The molecule has 0 aliphatic carbocycles. The van der Waals surface area contributed by atoms with E-state index in [1.54, 1.807) is 25.3 Å². The van der Waals surface area contributed by atoms with Crippen LogP contribution in [0, 0.1) is 5.92 Å². The van der Waals surface area contributed by atoms with Gasteiger partial charge in [-0.3, -0.25) is 9.69 Å². The predicted molar refractivity (Wildman–Crippen MR) is 87.6 cm³/mol. The maximum Gasteiger partial charge on any atom is 0.241 e. The van der Waals surface area contributed by atoms with Crippen LogP contribution in [0.2, 0.25) is 0 Å². The SMILES string of the molecule is COc1ccc(NC(=O)C(C)N(C)C(C)C(C)C)c(N)c1. The smallest absolute Gasteiger partial charge is 0.241 e. The summed E-state index contributed by atoms with van der Waals surface area (Å²) in [6, 6.07) is 5.31. The number of nitrogens with one attached hydrogen (secondary N) is 1. The molecule has 0 spiro atoms. The number of carbonyl (C=O) groups excluding carboxylic acids is 1. The van der Waals surface area contributed by atoms with E-state index in [0.29, 0.717) is 29.1 Å². The minimum absolute atomic E-state index is 0.0677. The van der Waals surface area contributed by atoms with E-state index in [-0.39, 0.29) is 11.9 Å². The van der Waals surface area contributed by atoms with Crippen LogP contribution in [0.25, 0.3) is 0 Å². The molecule has 5 nitrogen and oxygen atoms in total. The molecular formula is C16H27N3O2. The van der Waals surface area contributed by atoms with Gasteiger partial charge in [0.1, 0.15) is 5.75 Å². The number of likely N-dealkylation sites (N-methyl/N-ethyl adjacent to an activating group) is 1. The number of hydrogen-bond donors (Lipinski definition) is 2. The maximum atomic E-state index is 12.3. The first kappa shape index (κ1) is 17.3. The molecule has 2 atom stereocenters. The molecule has 0 aliphatic heterocycles. The summed E-state index contributed by atoms with van der Waals surface area (Å²) in [6.07, 6.45) is 0. The van der Waals surface area contributed by atoms with Crippen molar-refractivity contribution in [2.75, 3.05) is 25.2 Å². The summed E-state index contributed by atoms with van der Waals surface area (Å²) in [5.74, 6) is 1.09. The lowest BCUT2D eigenvalue weighted by Gasteiger charge is -2.32. The molecule has 5 heteroatoms. The summed E-state index contributed by atoms with van der Waals surface area (Å²) in [5.41, 5.74) is 7.03. The Morgan fingerprint density at radius 1 is 1.29 bits per heavy atom. The standard InChI is InChI=1S/C16H27N3O2/c1-10(2)11(3)19(5)12(4)16(20)18-15-8-7-13(21-6)9-14(15)17/h7-12H,17H2,1-6H3,(H,18,20). The van der Waals surface area contributed by atoms with Gasteiger partial charge in [-0.25, -0.2) is 0 Å². The fourth-order valence-electron chi connectivity index (χ4n) is 2.03. The van der Waals surface area contributed by atoms with Gasteiger partial charge in [0.15, 0.2) is 0 Å². The van der Waals surface area contributed by atoms with Crippen LogP contribution in [0.15, 0.2) is 18.2 Å². The lowest BCUT2D eigenvalue weighted by atomic mass is 10.0. The third-order valence-corrected chi connectivity index (χ3v) is 4.11. The minimum atomic E-state index is -0.232. The Bertz CT molecular complexity index is 488. The molecule has 0 aromatic heterocycles. The molecule has 0 aliphatic rings. The van der Waals surface area contributed by atoms with Gasteiger partial charge >= 0.3 is 0 Å². The summed E-state index contributed by atoms with van der Waals surface area (Å²) in [5, 5.41) is 2.87. The van der Waals surface area contributed by atoms with E-state index in [9.17, 15) is 4.79 Å². The maximum absolute atomic E-state index is 12.3. The molecule has 0 bridgehead atoms. The largest absolute Gasteiger partial charge is 0.497 e. The average molecular weight is 293 g/mol. The van der Waals surface area contributed by atoms with Crippen LogP contribution < -0.4 is 15.8 Å². The fraction of sp³-hybridized carbons (Fsp3) is 0.562. The first-order valence-corrected chi connectivity index (χ1v) is 7.24. The van der Waals surface area contributed by atoms with E-state index in [2.05, 4.69) is 31.0 Å². The molecule has 1 rings (SSSR count). The molecule has 0 saturated heterocycles. The number of nitrogen functional groups attached to an aromatic ring is 1. The van der Waals surface area contributed by atoms with Gasteiger partial charge in [-0.15, -0.1) is 0 Å². The van der Waals surface area contributed by atoms with Crippen molar-refractivity contribution in [1.82, 2.24) is 4.90 Å². The highest BCUT2D eigenvalue weighted by molar-refractivity contribution is 5.97. The second kappa shape index (κ2) is 7.31. The summed E-state index contributed by atoms with van der Waals surface area (Å²) >= 11 is 0. The van der Waals surface area contributed by atoms with Crippen molar-refractivity contribution in [3.63, 3.8) is 0 Å². The first-order valence-electron chi connectivity index (χ1n) is 7.24. The Morgan fingerprint density at radius 3 is 2.38 bits per heavy atom. The second-order valence-corrected chi connectivity index (χ2v) is 5.77. The van der Waals surface area contributed by atoms with Crippen LogP contribution in [-0.4, -0.2) is 37.0 Å². The molecule has 0 saturated carbocycles. The zero-order valence-corrected chi connectivity index (χ0v) is 13.8. The van der Waals surface area contributed by atoms with Crippen LogP contribution in [0.1, 0.15) is 27.7 Å². The van der Waals surface area contributed by atoms with Crippen molar-refractivity contribution in [2.24, 2.45) is 5.92 Å². The molecule has 0 heterocycles. The molecule has 21 heavy (non-hydrogen) atoms. The molecular weight excluding hydrogens is 266 g/mol. The van der Waals surface area contributed by atoms with Gasteiger partial charge in [0.25, 0.3) is 0 Å². The van der Waals surface area contributed by atoms with Crippen LogP contribution in [0.4, 0.5) is 11.4 Å². The zero-order chi connectivity index (χ0) is 16.2. The van der Waals surface area contributed by atoms with E-state index in [1.807, 2.05) is 14.0 Å². The molecule has 2 unspecified atom stereocenters. The van der Waals surface area contributed by atoms with Gasteiger partial charge < -0.3 is 15.8 Å². The van der Waals surface area contributed by atoms with E-state index in [0.717, 1.165) is 0 Å². The van der Waals surface area contributed by atoms with Crippen molar-refractivity contribution in [2.45, 2.75) is 39.8 Å². The molecule has 1 aromatic rings. The Kier molecular flexibility index (Phi) is 6.03. The van der Waals surface area contributed by atoms with Crippen LogP contribution in [-0.2, 0) is 4.79 Å². The Hall–Kier alpha value is -1.75. The van der Waals surface area contributed by atoms with Gasteiger partial charge in [-0.2, -0.15) is 0 Å². The third-order valence-electron chi connectivity index (χ3n) is 4.11. The van der Waals surface area contributed by atoms with Crippen LogP contribution >= 0.6 is 0 Å². The van der Waals surface area contributed by atoms with Crippen molar-refractivity contribution in [1.29, 1.82) is 0 Å². The number of carbonyl (C=O) groups is 1. The Balaban J connectivity index is 2.76. The van der Waals surface area contributed by atoms with E-state index in [1.165, 1.54) is 0 Å². The second-order valence-electron chi connectivity index (χ2n) is 5.77. The predicted octanol–water partition coefficient (Wildman–Crippen LogP) is 2.58. The van der Waals surface area contributed by atoms with E-state index >= 15 is 0 Å². The van der Waals surface area contributed by atoms with Crippen LogP contribution in [0.3, 0.4) is 0 Å². The van der Waals surface area contributed by atoms with Gasteiger partial charge in [-0.1, -0.05) is 13.8 Å². The number of benzene rings is 1. The van der Waals surface area contributed by atoms with Crippen molar-refractivity contribution in [3.8, 4) is 5.75 Å². The summed E-state index contributed by atoms with van der Waals surface area (Å²) < 4.78 is 5.10. The number of anilines is 2. The molecule has 118 valence electrons. The van der Waals surface area contributed by atoms with Crippen molar-refractivity contribution >= 4 is 17.3 Å². The lowest BCUT2D eigenvalue weighted by molar-refractivity contribution is -0.121. The number of amides is 1. The van der Waals surface area contributed by atoms with Crippen LogP contribution in [0.5, 0.6) is 5.75 Å². The summed E-state index contributed by atoms with van der Waals surface area (Å²) in [6.45, 7) is 8.31. The number of hydrogen-bond acceptors (Lipinski definition) is 4. The number of nitrogens with zero attached hydrogens (tertiary/aromatic N) is 1. The van der Waals surface area contributed by atoms with Crippen molar-refractivity contribution in [3.05, 3.63) is 18.2 Å². The Labute approximate surface area is 127 Å². The van der Waals surface area contributed by atoms with E-state index < -0.39 is 0 Å². The van der Waals surface area contributed by atoms with Gasteiger partial charge in [0.05, 0.1) is 24.5 Å². The highest BCUT2D eigenvalue weighted by atomic mass is 16.5. The number of ether oxygens (including phenoxy) is 1. The molecule has 0 radical (unpaired) electrons. The monoisotopic (exact) mass is 293 g/mol. The summed E-state index contributed by atoms with van der Waals surface area (Å²) in [4.78, 5) is 14.4. The lowest BCUT2D eigenvalue weighted by Crippen LogP contribution is -2.46. The molecule has 1 aromatic carbocycles. The van der Waals surface area contributed by atoms with Gasteiger partial charge in [0.2, 0.25) is 5.91 Å². The molecule has 3 N–H and O–H groups in total. The normalized spacial score (nSPS) is 14.1. The number of nitrogens with two attached hydrogens (primary N) is 1. The first-order chi connectivity index (χ1) is 9.77. The Morgan fingerprint density at radius 2 is 1.90 bits per heavy atom. The highest BCUT2D eigenvalue weighted by Crippen LogP contribution is 2.24. The van der Waals surface area contributed by atoms with Crippen molar-refractivity contribution < 1.29 is 9.53 Å². The minimum Gasteiger partial charge on any atom is -0.497 e. The number of rotatable bonds is 6. The topological polar surface area (TPSA) is 67.6 Å². The van der Waals surface area contributed by atoms with Gasteiger partial charge in [0, 0.05) is 12.1 Å². The zero-order valence-electron chi connectivity index (χ0n) is 13.8.